The molecule has 0 radical (unpaired) electrons. The summed E-state index contributed by atoms with van der Waals surface area (Å²) in [5, 5.41) is 46.8. The fourth-order valence-electron chi connectivity index (χ4n) is 3.64. The normalized spacial score (nSPS) is 34.2. The van der Waals surface area contributed by atoms with E-state index in [1.54, 1.807) is 6.20 Å². The molecule has 0 unspecified atom stereocenters. The summed E-state index contributed by atoms with van der Waals surface area (Å²) in [6.45, 7) is 0.952. The summed E-state index contributed by atoms with van der Waals surface area (Å²) in [6, 6.07) is -0.984. The number of esters is 1. The molecule has 2 aliphatic heterocycles. The van der Waals surface area contributed by atoms with Crippen molar-refractivity contribution in [3.63, 3.8) is 0 Å². The molecule has 0 spiro atoms. The van der Waals surface area contributed by atoms with Gasteiger partial charge in [-0.3, -0.25) is 4.79 Å². The summed E-state index contributed by atoms with van der Waals surface area (Å²) in [5.74, 6) is -0.752. The van der Waals surface area contributed by atoms with Crippen LogP contribution < -0.4 is 0 Å². The van der Waals surface area contributed by atoms with Gasteiger partial charge in [-0.15, -0.1) is 5.10 Å². The van der Waals surface area contributed by atoms with Gasteiger partial charge in [0.2, 0.25) is 5.91 Å². The number of ether oxygens (including phenoxy) is 3. The van der Waals surface area contributed by atoms with E-state index >= 15 is 0 Å². The van der Waals surface area contributed by atoms with Gasteiger partial charge >= 0.3 is 5.97 Å². The molecule has 0 saturated carbocycles. The molecule has 1 aromatic heterocycles. The van der Waals surface area contributed by atoms with Gasteiger partial charge in [-0.2, -0.15) is 0 Å². The maximum absolute atomic E-state index is 11.9. The van der Waals surface area contributed by atoms with Crippen molar-refractivity contribution in [3.8, 4) is 0 Å². The largest absolute Gasteiger partial charge is 0.467 e. The van der Waals surface area contributed by atoms with Crippen molar-refractivity contribution < 1.29 is 44.2 Å². The van der Waals surface area contributed by atoms with Crippen LogP contribution in [0.2, 0.25) is 0 Å². The first kappa shape index (κ1) is 22.5. The van der Waals surface area contributed by atoms with Crippen LogP contribution in [0.25, 0.3) is 0 Å². The predicted molar refractivity (Wildman–Crippen MR) is 95.4 cm³/mol. The molecule has 13 heteroatoms. The maximum Gasteiger partial charge on any atom is 0.328 e. The molecule has 168 valence electrons. The smallest absolute Gasteiger partial charge is 0.328 e. The zero-order chi connectivity index (χ0) is 22.0. The molecule has 1 aromatic rings. The number of aliphatic hydroxyl groups excluding tert-OH is 4. The second-order valence-corrected chi connectivity index (χ2v) is 7.30. The van der Waals surface area contributed by atoms with E-state index in [-0.39, 0.29) is 25.1 Å². The Kier molecular flexibility index (Phi) is 7.00. The summed E-state index contributed by atoms with van der Waals surface area (Å²) < 4.78 is 17.0. The number of amides is 1. The minimum absolute atomic E-state index is 0.133. The van der Waals surface area contributed by atoms with E-state index in [9.17, 15) is 30.0 Å². The molecular formula is C17H26N4O9. The number of aliphatic hydroxyl groups is 4. The van der Waals surface area contributed by atoms with Gasteiger partial charge in [-0.25, -0.2) is 9.48 Å². The summed E-state index contributed by atoms with van der Waals surface area (Å²) >= 11 is 0. The number of methoxy groups -OCH3 is 1. The van der Waals surface area contributed by atoms with Crippen molar-refractivity contribution in [2.45, 2.75) is 62.7 Å². The number of carbonyl (C=O) groups is 2. The van der Waals surface area contributed by atoms with Crippen molar-refractivity contribution in [3.05, 3.63) is 11.9 Å². The van der Waals surface area contributed by atoms with E-state index in [1.807, 2.05) is 0 Å². The summed E-state index contributed by atoms with van der Waals surface area (Å²) in [4.78, 5) is 25.2. The fraction of sp³-hybridized carbons (Fsp3) is 0.765. The highest BCUT2D eigenvalue weighted by Gasteiger charge is 2.44. The zero-order valence-electron chi connectivity index (χ0n) is 16.6. The van der Waals surface area contributed by atoms with E-state index in [2.05, 4.69) is 10.3 Å². The maximum atomic E-state index is 11.9. The van der Waals surface area contributed by atoms with Gasteiger partial charge in [0.25, 0.3) is 0 Å². The van der Waals surface area contributed by atoms with Crippen LogP contribution >= 0.6 is 0 Å². The highest BCUT2D eigenvalue weighted by molar-refractivity contribution is 5.84. The zero-order valence-corrected chi connectivity index (χ0v) is 16.6. The van der Waals surface area contributed by atoms with Gasteiger partial charge in [-0.05, 0) is 0 Å². The van der Waals surface area contributed by atoms with Crippen molar-refractivity contribution in [1.29, 1.82) is 0 Å². The van der Waals surface area contributed by atoms with Crippen LogP contribution in [-0.2, 0) is 30.4 Å². The number of hydrogen-bond donors (Lipinski definition) is 4. The lowest BCUT2D eigenvalue weighted by Gasteiger charge is -2.39. The lowest BCUT2D eigenvalue weighted by Crippen LogP contribution is -2.59. The number of carbonyl (C=O) groups excluding carboxylic acids is 2. The Labute approximate surface area is 171 Å². The first-order valence-corrected chi connectivity index (χ1v) is 9.44. The number of nitrogens with zero attached hydrogens (tertiary/aromatic N) is 4. The molecule has 0 aromatic carbocycles. The number of aromatic nitrogens is 3. The molecule has 2 fully saturated rings. The Morgan fingerprint density at radius 3 is 2.63 bits per heavy atom. The highest BCUT2D eigenvalue weighted by atomic mass is 16.7. The lowest BCUT2D eigenvalue weighted by atomic mass is 9.99. The number of rotatable bonds is 6. The Bertz CT molecular complexity index is 757. The average Bonchev–Trinajstić information content (AvgIpc) is 3.38. The molecule has 2 aliphatic rings. The van der Waals surface area contributed by atoms with Gasteiger partial charge in [-0.1, -0.05) is 5.21 Å². The van der Waals surface area contributed by atoms with Crippen molar-refractivity contribution in [2.24, 2.45) is 0 Å². The quantitative estimate of drug-likeness (QED) is 0.337. The summed E-state index contributed by atoms with van der Waals surface area (Å²) in [6.07, 6.45) is -4.99. The molecule has 0 bridgehead atoms. The van der Waals surface area contributed by atoms with Crippen molar-refractivity contribution in [1.82, 2.24) is 19.9 Å². The average molecular weight is 430 g/mol. The van der Waals surface area contributed by atoms with Gasteiger partial charge < -0.3 is 39.5 Å². The second-order valence-electron chi connectivity index (χ2n) is 7.30. The molecule has 3 heterocycles. The third-order valence-corrected chi connectivity index (χ3v) is 5.33. The van der Waals surface area contributed by atoms with E-state index in [1.165, 1.54) is 23.6 Å². The predicted octanol–water partition coefficient (Wildman–Crippen LogP) is -3.07. The van der Waals surface area contributed by atoms with E-state index in [0.29, 0.717) is 12.1 Å². The minimum Gasteiger partial charge on any atom is -0.467 e. The SMILES string of the molecule is COC(=O)[C@@H]1C[C@@H](n2cc(CO[C@@H]3O[C@H](CO)[C@H](O)[C@H](O)[C@H]3O)nn2)CN1C(C)=O. The van der Waals surface area contributed by atoms with Gasteiger partial charge in [0, 0.05) is 19.9 Å². The highest BCUT2D eigenvalue weighted by Crippen LogP contribution is 2.28. The van der Waals surface area contributed by atoms with Gasteiger partial charge in [0.1, 0.15) is 36.2 Å². The topological polar surface area (TPSA) is 177 Å². The number of hydrogen-bond acceptors (Lipinski definition) is 11. The third kappa shape index (κ3) is 4.45. The minimum atomic E-state index is -1.54. The molecule has 13 nitrogen and oxygen atoms in total. The van der Waals surface area contributed by atoms with Crippen LogP contribution in [0.3, 0.4) is 0 Å². The molecule has 3 rings (SSSR count). The monoisotopic (exact) mass is 430 g/mol. The molecule has 7 atom stereocenters. The fourth-order valence-corrected chi connectivity index (χ4v) is 3.64. The Balaban J connectivity index is 1.61. The standard InChI is InChI=1S/C17H26N4O9/c1-8(23)20-5-10(3-11(20)16(27)28-2)21-4-9(18-19-21)7-29-17-15(26)14(25)13(24)12(6-22)30-17/h4,10-15,17,22,24-26H,3,5-7H2,1-2H3/t10-,11+,12-,13+,14+,15-,17-/m1/s1. The van der Waals surface area contributed by atoms with Crippen LogP contribution in [0.4, 0.5) is 0 Å². The summed E-state index contributed by atoms with van der Waals surface area (Å²) in [5.41, 5.74) is 0.378. The number of likely N-dealkylation sites (tertiary alicyclic amines) is 1. The molecule has 0 aliphatic carbocycles. The van der Waals surface area contributed by atoms with Crippen LogP contribution in [0.5, 0.6) is 0 Å². The van der Waals surface area contributed by atoms with Crippen LogP contribution in [0.15, 0.2) is 6.20 Å². The van der Waals surface area contributed by atoms with Crippen LogP contribution in [0.1, 0.15) is 25.1 Å². The Morgan fingerprint density at radius 1 is 1.27 bits per heavy atom. The lowest BCUT2D eigenvalue weighted by molar-refractivity contribution is -0.304. The molecule has 4 N–H and O–H groups in total. The molecule has 2 saturated heterocycles. The van der Waals surface area contributed by atoms with Gasteiger partial charge in [0.15, 0.2) is 6.29 Å². The van der Waals surface area contributed by atoms with Crippen molar-refractivity contribution >= 4 is 11.9 Å². The summed E-state index contributed by atoms with van der Waals surface area (Å²) in [7, 11) is 1.26. The first-order valence-electron chi connectivity index (χ1n) is 9.44. The van der Waals surface area contributed by atoms with Crippen LogP contribution in [-0.4, -0.2) is 109 Å². The Hall–Kier alpha value is -2.16. The molecular weight excluding hydrogens is 404 g/mol. The molecule has 30 heavy (non-hydrogen) atoms. The van der Waals surface area contributed by atoms with E-state index < -0.39 is 49.3 Å². The molecule has 1 amide bonds. The van der Waals surface area contributed by atoms with Crippen LogP contribution in [0, 0.1) is 0 Å². The van der Waals surface area contributed by atoms with Gasteiger partial charge in [0.05, 0.1) is 32.6 Å². The van der Waals surface area contributed by atoms with E-state index in [4.69, 9.17) is 14.2 Å². The Morgan fingerprint density at radius 2 is 2.00 bits per heavy atom. The first-order chi connectivity index (χ1) is 14.3. The third-order valence-electron chi connectivity index (χ3n) is 5.33. The second kappa shape index (κ2) is 9.32. The van der Waals surface area contributed by atoms with E-state index in [0.717, 1.165) is 0 Å². The van der Waals surface area contributed by atoms with Crippen molar-refractivity contribution in [2.75, 3.05) is 20.3 Å².